The van der Waals surface area contributed by atoms with Crippen LogP contribution in [0.1, 0.15) is 18.5 Å². The van der Waals surface area contributed by atoms with Gasteiger partial charge < -0.3 is 20.3 Å². The zero-order chi connectivity index (χ0) is 20.3. The number of H-pyrrole nitrogens is 1. The van der Waals surface area contributed by atoms with E-state index in [1.807, 2.05) is 12.1 Å². The Balaban J connectivity index is 1.93. The lowest BCUT2D eigenvalue weighted by Crippen LogP contribution is -2.39. The number of amides is 2. The van der Waals surface area contributed by atoms with Gasteiger partial charge in [-0.2, -0.15) is 0 Å². The predicted molar refractivity (Wildman–Crippen MR) is 107 cm³/mol. The van der Waals surface area contributed by atoms with E-state index in [1.54, 1.807) is 25.3 Å². The minimum Gasteiger partial charge on any atom is -0.395 e. The standard InChI is InChI=1S/C20H19ClFN3O3/c1-12(16-11-23-19(27)15-5-3-2-4-14(15)16)25(8-9-26)20(28)24-13-6-7-18(22)17(21)10-13/h2-7,10-12,26H,8-9H2,1H3,(H,23,27)(H,24,28)/t12-/m0/s1. The zero-order valence-corrected chi connectivity index (χ0v) is 15.8. The molecule has 28 heavy (non-hydrogen) atoms. The van der Waals surface area contributed by atoms with Crippen molar-refractivity contribution in [2.24, 2.45) is 0 Å². The Morgan fingerprint density at radius 2 is 2.00 bits per heavy atom. The van der Waals surface area contributed by atoms with Gasteiger partial charge >= 0.3 is 6.03 Å². The number of pyridine rings is 1. The van der Waals surface area contributed by atoms with Gasteiger partial charge in [0.1, 0.15) is 5.82 Å². The lowest BCUT2D eigenvalue weighted by molar-refractivity contribution is 0.168. The van der Waals surface area contributed by atoms with E-state index in [0.717, 1.165) is 17.0 Å². The first-order chi connectivity index (χ1) is 13.4. The lowest BCUT2D eigenvalue weighted by atomic mass is 10.0. The second kappa shape index (κ2) is 8.41. The Morgan fingerprint density at radius 1 is 1.29 bits per heavy atom. The van der Waals surface area contributed by atoms with Crippen molar-refractivity contribution in [3.8, 4) is 0 Å². The number of hydrogen-bond donors (Lipinski definition) is 3. The van der Waals surface area contributed by atoms with E-state index in [4.69, 9.17) is 11.6 Å². The van der Waals surface area contributed by atoms with Crippen molar-refractivity contribution in [1.29, 1.82) is 0 Å². The number of anilines is 1. The van der Waals surface area contributed by atoms with Gasteiger partial charge in [-0.1, -0.05) is 29.8 Å². The Hall–Kier alpha value is -2.90. The molecule has 2 aromatic carbocycles. The van der Waals surface area contributed by atoms with Crippen molar-refractivity contribution in [2.45, 2.75) is 13.0 Å². The summed E-state index contributed by atoms with van der Waals surface area (Å²) in [5, 5.41) is 13.2. The maximum absolute atomic E-state index is 13.3. The van der Waals surface area contributed by atoms with Gasteiger partial charge in [0, 0.05) is 23.8 Å². The number of nitrogens with zero attached hydrogens (tertiary/aromatic N) is 1. The molecule has 0 aliphatic heterocycles. The molecule has 8 heteroatoms. The molecule has 1 aromatic heterocycles. The highest BCUT2D eigenvalue weighted by molar-refractivity contribution is 6.31. The molecule has 3 aromatic rings. The fraction of sp³-hybridized carbons (Fsp3) is 0.200. The second-order valence-corrected chi connectivity index (χ2v) is 6.68. The number of carbonyl (C=O) groups excluding carboxylic acids is 1. The van der Waals surface area contributed by atoms with Gasteiger partial charge in [-0.3, -0.25) is 4.79 Å². The molecule has 0 aliphatic carbocycles. The lowest BCUT2D eigenvalue weighted by Gasteiger charge is -2.29. The Bertz CT molecular complexity index is 1070. The van der Waals surface area contributed by atoms with Crippen LogP contribution in [0.25, 0.3) is 10.8 Å². The van der Waals surface area contributed by atoms with Crippen LogP contribution in [0.15, 0.2) is 53.5 Å². The molecule has 0 spiro atoms. The second-order valence-electron chi connectivity index (χ2n) is 6.27. The molecule has 3 rings (SSSR count). The maximum Gasteiger partial charge on any atom is 0.322 e. The molecule has 3 N–H and O–H groups in total. The van der Waals surface area contributed by atoms with Crippen LogP contribution >= 0.6 is 11.6 Å². The third-order valence-electron chi connectivity index (χ3n) is 4.53. The summed E-state index contributed by atoms with van der Waals surface area (Å²) >= 11 is 5.76. The fourth-order valence-electron chi connectivity index (χ4n) is 3.09. The summed E-state index contributed by atoms with van der Waals surface area (Å²) in [5.74, 6) is -0.583. The third-order valence-corrected chi connectivity index (χ3v) is 4.82. The number of carbonyl (C=O) groups is 1. The summed E-state index contributed by atoms with van der Waals surface area (Å²) in [6, 6.07) is 10.0. The molecule has 2 amide bonds. The predicted octanol–water partition coefficient (Wildman–Crippen LogP) is 3.91. The van der Waals surface area contributed by atoms with Crippen LogP contribution in [0.2, 0.25) is 5.02 Å². The van der Waals surface area contributed by atoms with E-state index < -0.39 is 17.9 Å². The van der Waals surface area contributed by atoms with Crippen molar-refractivity contribution in [3.05, 3.63) is 75.4 Å². The van der Waals surface area contributed by atoms with Crippen LogP contribution in [-0.2, 0) is 0 Å². The summed E-state index contributed by atoms with van der Waals surface area (Å²) in [4.78, 5) is 29.0. The van der Waals surface area contributed by atoms with Crippen LogP contribution in [0, 0.1) is 5.82 Å². The average Bonchev–Trinajstić information content (AvgIpc) is 2.69. The van der Waals surface area contributed by atoms with Crippen LogP contribution < -0.4 is 10.9 Å². The van der Waals surface area contributed by atoms with Gasteiger partial charge in [-0.25, -0.2) is 9.18 Å². The van der Waals surface area contributed by atoms with E-state index in [9.17, 15) is 19.1 Å². The van der Waals surface area contributed by atoms with Crippen molar-refractivity contribution < 1.29 is 14.3 Å². The summed E-state index contributed by atoms with van der Waals surface area (Å²) in [5.41, 5.74) is 0.847. The van der Waals surface area contributed by atoms with Gasteiger partial charge in [0.05, 0.1) is 17.7 Å². The summed E-state index contributed by atoms with van der Waals surface area (Å²) in [6.07, 6.45) is 1.57. The average molecular weight is 404 g/mol. The normalized spacial score (nSPS) is 12.0. The van der Waals surface area contributed by atoms with Crippen LogP contribution in [-0.4, -0.2) is 34.2 Å². The highest BCUT2D eigenvalue weighted by Gasteiger charge is 2.23. The number of rotatable bonds is 5. The highest BCUT2D eigenvalue weighted by Crippen LogP contribution is 2.27. The van der Waals surface area contributed by atoms with Gasteiger partial charge in [-0.15, -0.1) is 0 Å². The number of hydrogen-bond acceptors (Lipinski definition) is 3. The summed E-state index contributed by atoms with van der Waals surface area (Å²) in [6.45, 7) is 1.62. The largest absolute Gasteiger partial charge is 0.395 e. The summed E-state index contributed by atoms with van der Waals surface area (Å²) in [7, 11) is 0. The van der Waals surface area contributed by atoms with Crippen molar-refractivity contribution in [2.75, 3.05) is 18.5 Å². The number of urea groups is 1. The number of aromatic nitrogens is 1. The molecule has 0 aliphatic rings. The summed E-state index contributed by atoms with van der Waals surface area (Å²) < 4.78 is 13.3. The molecule has 6 nitrogen and oxygen atoms in total. The Morgan fingerprint density at radius 3 is 2.68 bits per heavy atom. The number of nitrogens with one attached hydrogen (secondary N) is 2. The van der Waals surface area contributed by atoms with Gasteiger partial charge in [0.25, 0.3) is 5.56 Å². The van der Waals surface area contributed by atoms with Gasteiger partial charge in [0.2, 0.25) is 0 Å². The van der Waals surface area contributed by atoms with Gasteiger partial charge in [0.15, 0.2) is 0 Å². The third kappa shape index (κ3) is 4.00. The van der Waals surface area contributed by atoms with Crippen molar-refractivity contribution in [3.63, 3.8) is 0 Å². The number of fused-ring (bicyclic) bond motifs is 1. The monoisotopic (exact) mass is 403 g/mol. The quantitative estimate of drug-likeness (QED) is 0.603. The van der Waals surface area contributed by atoms with Crippen molar-refractivity contribution >= 4 is 34.1 Å². The molecular weight excluding hydrogens is 385 g/mol. The van der Waals surface area contributed by atoms with E-state index in [2.05, 4.69) is 10.3 Å². The van der Waals surface area contributed by atoms with E-state index in [-0.39, 0.29) is 23.7 Å². The molecule has 146 valence electrons. The van der Waals surface area contributed by atoms with Crippen LogP contribution in [0.5, 0.6) is 0 Å². The van der Waals surface area contributed by atoms with Crippen molar-refractivity contribution in [1.82, 2.24) is 9.88 Å². The minimum atomic E-state index is -0.583. The molecule has 0 bridgehead atoms. The number of aliphatic hydroxyl groups excluding tert-OH is 1. The minimum absolute atomic E-state index is 0.0649. The van der Waals surface area contributed by atoms with E-state index in [0.29, 0.717) is 11.1 Å². The zero-order valence-electron chi connectivity index (χ0n) is 15.1. The van der Waals surface area contributed by atoms with Gasteiger partial charge in [-0.05, 0) is 42.1 Å². The molecule has 1 heterocycles. The van der Waals surface area contributed by atoms with Crippen LogP contribution in [0.4, 0.5) is 14.9 Å². The Labute approximate surface area is 165 Å². The molecule has 1 atom stereocenters. The number of halogens is 2. The molecular formula is C20H19ClFN3O3. The topological polar surface area (TPSA) is 85.4 Å². The SMILES string of the molecule is C[C@@H](c1c[nH]c(=O)c2ccccc12)N(CCO)C(=O)Nc1ccc(F)c(Cl)c1. The number of aromatic amines is 1. The smallest absolute Gasteiger partial charge is 0.322 e. The van der Waals surface area contributed by atoms with E-state index in [1.165, 1.54) is 17.0 Å². The van der Waals surface area contributed by atoms with Crippen LogP contribution in [0.3, 0.4) is 0 Å². The molecule has 0 saturated carbocycles. The first-order valence-corrected chi connectivity index (χ1v) is 9.04. The molecule has 0 fully saturated rings. The number of benzene rings is 2. The molecule has 0 unspecified atom stereocenters. The maximum atomic E-state index is 13.3. The highest BCUT2D eigenvalue weighted by atomic mass is 35.5. The first kappa shape index (κ1) is 19.9. The fourth-order valence-corrected chi connectivity index (χ4v) is 3.27. The Kier molecular flexibility index (Phi) is 5.96. The number of aliphatic hydroxyl groups is 1. The van der Waals surface area contributed by atoms with E-state index >= 15 is 0 Å². The molecule has 0 saturated heterocycles. The first-order valence-electron chi connectivity index (χ1n) is 8.66. The molecule has 0 radical (unpaired) electrons.